The molecule has 3 amide bonds. The minimum atomic E-state index is -0.784. The number of thiophene rings is 1. The van der Waals surface area contributed by atoms with Crippen LogP contribution in [0.3, 0.4) is 0 Å². The van der Waals surface area contributed by atoms with Gasteiger partial charge in [-0.1, -0.05) is 6.07 Å². The monoisotopic (exact) mass is 349 g/mol. The molecule has 9 heteroatoms. The van der Waals surface area contributed by atoms with E-state index in [4.69, 9.17) is 0 Å². The Kier molecular flexibility index (Phi) is 5.69. The van der Waals surface area contributed by atoms with E-state index in [1.54, 1.807) is 22.2 Å². The highest BCUT2D eigenvalue weighted by Gasteiger charge is 2.17. The highest BCUT2D eigenvalue weighted by Crippen LogP contribution is 2.08. The van der Waals surface area contributed by atoms with Gasteiger partial charge in [0.1, 0.15) is 12.6 Å². The predicted molar refractivity (Wildman–Crippen MR) is 89.2 cm³/mol. The molecule has 0 fully saturated rings. The maximum atomic E-state index is 11.9. The SMILES string of the molecule is Cc1cc(C)n(CC(=O)NNC(=O)C(C)NC(=O)c2cccs2)n1. The Hall–Kier alpha value is -2.68. The molecule has 2 aromatic heterocycles. The number of nitrogens with zero attached hydrogens (tertiary/aromatic N) is 2. The van der Waals surface area contributed by atoms with Crippen LogP contribution in [0.25, 0.3) is 0 Å². The van der Waals surface area contributed by atoms with Gasteiger partial charge in [-0.15, -0.1) is 11.3 Å². The number of hydrazine groups is 1. The number of rotatable bonds is 5. The first-order valence-corrected chi connectivity index (χ1v) is 8.19. The Morgan fingerprint density at radius 3 is 2.62 bits per heavy atom. The first-order chi connectivity index (χ1) is 11.4. The molecule has 3 N–H and O–H groups in total. The fraction of sp³-hybridized carbons (Fsp3) is 0.333. The van der Waals surface area contributed by atoms with Crippen molar-refractivity contribution >= 4 is 29.1 Å². The second-order valence-corrected chi connectivity index (χ2v) is 6.24. The van der Waals surface area contributed by atoms with Crippen molar-refractivity contribution in [2.75, 3.05) is 0 Å². The molecule has 0 spiro atoms. The molecule has 0 saturated carbocycles. The van der Waals surface area contributed by atoms with Crippen molar-refractivity contribution < 1.29 is 14.4 Å². The van der Waals surface area contributed by atoms with Gasteiger partial charge in [0.15, 0.2) is 0 Å². The zero-order valence-electron chi connectivity index (χ0n) is 13.6. The fourth-order valence-corrected chi connectivity index (χ4v) is 2.62. The Balaban J connectivity index is 1.78. The van der Waals surface area contributed by atoms with Gasteiger partial charge in [-0.05, 0) is 38.3 Å². The van der Waals surface area contributed by atoms with Crippen LogP contribution in [0.15, 0.2) is 23.6 Å². The van der Waals surface area contributed by atoms with Gasteiger partial charge in [0.05, 0.1) is 10.6 Å². The highest BCUT2D eigenvalue weighted by molar-refractivity contribution is 7.12. The van der Waals surface area contributed by atoms with Crippen LogP contribution in [-0.2, 0) is 16.1 Å². The molecule has 0 bridgehead atoms. The number of carbonyl (C=O) groups excluding carboxylic acids is 3. The summed E-state index contributed by atoms with van der Waals surface area (Å²) in [6.45, 7) is 5.21. The number of aromatic nitrogens is 2. The second kappa shape index (κ2) is 7.73. The summed E-state index contributed by atoms with van der Waals surface area (Å²) in [6, 6.07) is 4.49. The third kappa shape index (κ3) is 4.66. The molecule has 0 saturated heterocycles. The number of amides is 3. The number of hydrogen-bond donors (Lipinski definition) is 3. The summed E-state index contributed by atoms with van der Waals surface area (Å²) >= 11 is 1.28. The normalized spacial score (nSPS) is 11.6. The van der Waals surface area contributed by atoms with E-state index in [1.807, 2.05) is 19.9 Å². The van der Waals surface area contributed by atoms with Crippen LogP contribution in [-0.4, -0.2) is 33.5 Å². The van der Waals surface area contributed by atoms with Gasteiger partial charge in [0.25, 0.3) is 17.7 Å². The Bertz CT molecular complexity index is 738. The van der Waals surface area contributed by atoms with E-state index in [9.17, 15) is 14.4 Å². The molecule has 1 atom stereocenters. The molecule has 8 nitrogen and oxygen atoms in total. The van der Waals surface area contributed by atoms with Gasteiger partial charge >= 0.3 is 0 Å². The lowest BCUT2D eigenvalue weighted by molar-refractivity contribution is -0.130. The highest BCUT2D eigenvalue weighted by atomic mass is 32.1. The quantitative estimate of drug-likeness (QED) is 0.685. The van der Waals surface area contributed by atoms with E-state index in [0.29, 0.717) is 4.88 Å². The number of carbonyl (C=O) groups is 3. The summed E-state index contributed by atoms with van der Waals surface area (Å²) in [5, 5.41) is 8.50. The summed E-state index contributed by atoms with van der Waals surface area (Å²) in [7, 11) is 0. The molecule has 128 valence electrons. The molecular formula is C15H19N5O3S. The fourth-order valence-electron chi connectivity index (χ4n) is 1.99. The van der Waals surface area contributed by atoms with E-state index in [0.717, 1.165) is 11.4 Å². The third-order valence-corrected chi connectivity index (χ3v) is 4.08. The molecule has 2 aromatic rings. The van der Waals surface area contributed by atoms with Crippen molar-refractivity contribution in [3.05, 3.63) is 39.8 Å². The van der Waals surface area contributed by atoms with Crippen molar-refractivity contribution in [2.24, 2.45) is 0 Å². The molecule has 0 aliphatic carbocycles. The Morgan fingerprint density at radius 1 is 1.29 bits per heavy atom. The lowest BCUT2D eigenvalue weighted by Crippen LogP contribution is -2.51. The van der Waals surface area contributed by atoms with E-state index < -0.39 is 17.9 Å². The summed E-state index contributed by atoms with van der Waals surface area (Å²) < 4.78 is 1.54. The van der Waals surface area contributed by atoms with Crippen LogP contribution in [0.4, 0.5) is 0 Å². The van der Waals surface area contributed by atoms with Crippen LogP contribution >= 0.6 is 11.3 Å². The van der Waals surface area contributed by atoms with Gasteiger partial charge in [0, 0.05) is 5.69 Å². The molecule has 1 unspecified atom stereocenters. The van der Waals surface area contributed by atoms with Crippen molar-refractivity contribution in [1.82, 2.24) is 25.9 Å². The maximum Gasteiger partial charge on any atom is 0.261 e. The van der Waals surface area contributed by atoms with Crippen LogP contribution in [0, 0.1) is 13.8 Å². The van der Waals surface area contributed by atoms with E-state index in [1.165, 1.54) is 18.3 Å². The van der Waals surface area contributed by atoms with Crippen LogP contribution in [0.5, 0.6) is 0 Å². The Labute approximate surface area is 143 Å². The van der Waals surface area contributed by atoms with Gasteiger partial charge in [0.2, 0.25) is 0 Å². The average Bonchev–Trinajstić information content (AvgIpc) is 3.15. The van der Waals surface area contributed by atoms with Crippen molar-refractivity contribution in [3.63, 3.8) is 0 Å². The molecular weight excluding hydrogens is 330 g/mol. The molecule has 0 radical (unpaired) electrons. The molecule has 0 aliphatic heterocycles. The van der Waals surface area contributed by atoms with E-state index in [-0.39, 0.29) is 12.5 Å². The molecule has 2 heterocycles. The van der Waals surface area contributed by atoms with Crippen molar-refractivity contribution in [1.29, 1.82) is 0 Å². The first-order valence-electron chi connectivity index (χ1n) is 7.31. The van der Waals surface area contributed by atoms with Crippen molar-refractivity contribution in [3.8, 4) is 0 Å². The molecule has 0 aliphatic rings. The topological polar surface area (TPSA) is 105 Å². The molecule has 0 aromatic carbocycles. The summed E-state index contributed by atoms with van der Waals surface area (Å²) in [6.07, 6.45) is 0. The third-order valence-electron chi connectivity index (χ3n) is 3.21. The van der Waals surface area contributed by atoms with Gasteiger partial charge in [-0.25, -0.2) is 0 Å². The Morgan fingerprint density at radius 2 is 2.04 bits per heavy atom. The van der Waals surface area contributed by atoms with E-state index >= 15 is 0 Å². The standard InChI is InChI=1S/C15H19N5O3S/c1-9-7-10(2)20(19-9)8-13(21)17-18-14(22)11(3)16-15(23)12-5-4-6-24-12/h4-7,11H,8H2,1-3H3,(H,16,23)(H,17,21)(H,18,22). The van der Waals surface area contributed by atoms with E-state index in [2.05, 4.69) is 21.3 Å². The first kappa shape index (κ1) is 17.7. The lowest BCUT2D eigenvalue weighted by atomic mass is 10.3. The predicted octanol–water partition coefficient (Wildman–Crippen LogP) is 0.527. The van der Waals surface area contributed by atoms with Crippen molar-refractivity contribution in [2.45, 2.75) is 33.4 Å². The van der Waals surface area contributed by atoms with Crippen LogP contribution < -0.4 is 16.2 Å². The number of nitrogens with one attached hydrogen (secondary N) is 3. The minimum absolute atomic E-state index is 0.00408. The second-order valence-electron chi connectivity index (χ2n) is 5.29. The largest absolute Gasteiger partial charge is 0.340 e. The summed E-state index contributed by atoms with van der Waals surface area (Å²) in [5.41, 5.74) is 6.26. The number of hydrogen-bond acceptors (Lipinski definition) is 5. The molecule has 2 rings (SSSR count). The minimum Gasteiger partial charge on any atom is -0.340 e. The van der Waals surface area contributed by atoms with Gasteiger partial charge in [-0.2, -0.15) is 5.10 Å². The smallest absolute Gasteiger partial charge is 0.261 e. The maximum absolute atomic E-state index is 11.9. The zero-order chi connectivity index (χ0) is 17.7. The lowest BCUT2D eigenvalue weighted by Gasteiger charge is -2.14. The summed E-state index contributed by atoms with van der Waals surface area (Å²) in [4.78, 5) is 36.1. The van der Waals surface area contributed by atoms with Gasteiger partial charge < -0.3 is 5.32 Å². The summed E-state index contributed by atoms with van der Waals surface area (Å²) in [5.74, 6) is -1.26. The molecule has 24 heavy (non-hydrogen) atoms. The average molecular weight is 349 g/mol. The zero-order valence-corrected chi connectivity index (χ0v) is 14.4. The number of aryl methyl sites for hydroxylation is 2. The van der Waals surface area contributed by atoms with Gasteiger partial charge in [-0.3, -0.25) is 29.9 Å². The van der Waals surface area contributed by atoms with Crippen LogP contribution in [0.1, 0.15) is 28.0 Å². The van der Waals surface area contributed by atoms with Crippen LogP contribution in [0.2, 0.25) is 0 Å².